The third-order valence-electron chi connectivity index (χ3n) is 3.15. The van der Waals surface area contributed by atoms with Gasteiger partial charge in [-0.1, -0.05) is 13.8 Å². The lowest BCUT2D eigenvalue weighted by atomic mass is 10.0. The number of rotatable bonds is 7. The van der Waals surface area contributed by atoms with E-state index >= 15 is 0 Å². The molecule has 8 heteroatoms. The van der Waals surface area contributed by atoms with Gasteiger partial charge in [-0.15, -0.1) is 11.3 Å². The lowest BCUT2D eigenvalue weighted by molar-refractivity contribution is -0.145. The molecule has 6 nitrogen and oxygen atoms in total. The second-order valence-electron chi connectivity index (χ2n) is 5.31. The van der Waals surface area contributed by atoms with Gasteiger partial charge in [0.25, 0.3) is 5.91 Å². The fraction of sp³-hybridized carbons (Fsp3) is 0.312. The molecule has 0 saturated heterocycles. The van der Waals surface area contributed by atoms with Crippen LogP contribution in [-0.2, 0) is 9.53 Å². The van der Waals surface area contributed by atoms with Crippen molar-refractivity contribution in [3.05, 3.63) is 45.0 Å². The number of amides is 1. The first kappa shape index (κ1) is 18.4. The highest BCUT2D eigenvalue weighted by Gasteiger charge is 2.27. The number of ether oxygens (including phenoxy) is 1. The number of nitrogens with one attached hydrogen (secondary N) is 1. The summed E-state index contributed by atoms with van der Waals surface area (Å²) in [7, 11) is 0. The second-order valence-corrected chi connectivity index (χ2v) is 7.77. The minimum absolute atomic E-state index is 0.105. The summed E-state index contributed by atoms with van der Waals surface area (Å²) < 4.78 is 10.9. The zero-order chi connectivity index (χ0) is 17.7. The first-order valence-electron chi connectivity index (χ1n) is 7.18. The Morgan fingerprint density at radius 1 is 1.29 bits per heavy atom. The Kier molecular flexibility index (Phi) is 6.33. The lowest BCUT2D eigenvalue weighted by Crippen LogP contribution is -2.45. The molecular weight excluding hydrogens is 398 g/mol. The molecule has 2 rings (SSSR count). The van der Waals surface area contributed by atoms with Crippen molar-refractivity contribution in [3.8, 4) is 0 Å². The first-order chi connectivity index (χ1) is 11.4. The molecule has 24 heavy (non-hydrogen) atoms. The van der Waals surface area contributed by atoms with Crippen molar-refractivity contribution in [2.45, 2.75) is 19.9 Å². The van der Waals surface area contributed by atoms with Crippen LogP contribution in [0.15, 0.2) is 38.7 Å². The summed E-state index contributed by atoms with van der Waals surface area (Å²) in [6, 6.07) is 5.61. The van der Waals surface area contributed by atoms with Gasteiger partial charge in [0, 0.05) is 0 Å². The van der Waals surface area contributed by atoms with Gasteiger partial charge in [0.1, 0.15) is 6.04 Å². The highest BCUT2D eigenvalue weighted by Crippen LogP contribution is 2.22. The van der Waals surface area contributed by atoms with E-state index in [2.05, 4.69) is 21.2 Å². The molecule has 2 aromatic rings. The van der Waals surface area contributed by atoms with E-state index in [0.29, 0.717) is 4.88 Å². The molecular formula is C16H16BrNO5S. The van der Waals surface area contributed by atoms with Crippen molar-refractivity contribution in [3.63, 3.8) is 0 Å². The minimum Gasteiger partial charge on any atom is -0.459 e. The van der Waals surface area contributed by atoms with Gasteiger partial charge in [-0.2, -0.15) is 0 Å². The zero-order valence-corrected chi connectivity index (χ0v) is 15.5. The van der Waals surface area contributed by atoms with Crippen LogP contribution in [-0.4, -0.2) is 30.3 Å². The van der Waals surface area contributed by atoms with Gasteiger partial charge in [-0.05, 0) is 46.1 Å². The van der Waals surface area contributed by atoms with Crippen LogP contribution in [0.1, 0.15) is 34.1 Å². The van der Waals surface area contributed by atoms with Gasteiger partial charge in [0.05, 0.1) is 14.9 Å². The molecule has 0 aliphatic carbocycles. The van der Waals surface area contributed by atoms with Crippen molar-refractivity contribution < 1.29 is 23.5 Å². The summed E-state index contributed by atoms with van der Waals surface area (Å²) >= 11 is 4.54. The standard InChI is InChI=1S/C16H16BrNO5S/c1-9(2)14(18-15(20)11-4-3-7-22-11)16(21)23-8-10(19)12-5-6-13(17)24-12/h3-7,9,14H,8H2,1-2H3,(H,18,20)/t14-/m1/s1. The Morgan fingerprint density at radius 3 is 2.58 bits per heavy atom. The molecule has 0 aliphatic rings. The van der Waals surface area contributed by atoms with E-state index in [1.807, 2.05) is 0 Å². The lowest BCUT2D eigenvalue weighted by Gasteiger charge is -2.20. The predicted molar refractivity (Wildman–Crippen MR) is 92.1 cm³/mol. The van der Waals surface area contributed by atoms with Crippen LogP contribution < -0.4 is 5.32 Å². The van der Waals surface area contributed by atoms with E-state index in [4.69, 9.17) is 9.15 Å². The predicted octanol–water partition coefficient (Wildman–Crippen LogP) is 3.28. The van der Waals surface area contributed by atoms with Gasteiger partial charge in [0.15, 0.2) is 12.4 Å². The summed E-state index contributed by atoms with van der Waals surface area (Å²) in [6.45, 7) is 3.17. The molecule has 1 amide bonds. The molecule has 0 bridgehead atoms. The molecule has 0 aromatic carbocycles. The van der Waals surface area contributed by atoms with E-state index in [1.54, 1.807) is 32.0 Å². The maximum atomic E-state index is 12.2. The first-order valence-corrected chi connectivity index (χ1v) is 8.79. The van der Waals surface area contributed by atoms with Crippen LogP contribution in [0.5, 0.6) is 0 Å². The Balaban J connectivity index is 1.94. The Morgan fingerprint density at radius 2 is 2.04 bits per heavy atom. The number of hydrogen-bond acceptors (Lipinski definition) is 6. The van der Waals surface area contributed by atoms with E-state index in [9.17, 15) is 14.4 Å². The van der Waals surface area contributed by atoms with Crippen LogP contribution in [0.2, 0.25) is 0 Å². The number of carbonyl (C=O) groups is 3. The molecule has 0 aliphatic heterocycles. The SMILES string of the molecule is CC(C)[C@@H](NC(=O)c1ccco1)C(=O)OCC(=O)c1ccc(Br)s1. The number of Topliss-reactive ketones (excluding diaryl/α,β-unsaturated/α-hetero) is 1. The quantitative estimate of drug-likeness (QED) is 0.555. The Labute approximate surface area is 151 Å². The Bertz CT molecular complexity index is 723. The third-order valence-corrected chi connectivity index (χ3v) is 4.81. The van der Waals surface area contributed by atoms with Crippen molar-refractivity contribution in [2.75, 3.05) is 6.61 Å². The minimum atomic E-state index is -0.870. The number of ketones is 1. The van der Waals surface area contributed by atoms with Gasteiger partial charge >= 0.3 is 5.97 Å². The smallest absolute Gasteiger partial charge is 0.329 e. The monoisotopic (exact) mass is 413 g/mol. The molecule has 0 saturated carbocycles. The molecule has 1 N–H and O–H groups in total. The molecule has 2 heterocycles. The molecule has 2 aromatic heterocycles. The number of thiophene rings is 1. The molecule has 0 radical (unpaired) electrons. The fourth-order valence-electron chi connectivity index (χ4n) is 1.88. The largest absolute Gasteiger partial charge is 0.459 e. The molecule has 1 atom stereocenters. The van der Waals surface area contributed by atoms with Crippen molar-refractivity contribution >= 4 is 44.9 Å². The summed E-state index contributed by atoms with van der Waals surface area (Å²) in [5, 5.41) is 2.56. The van der Waals surface area contributed by atoms with E-state index in [-0.39, 0.29) is 24.1 Å². The molecule has 0 fully saturated rings. The van der Waals surface area contributed by atoms with Crippen LogP contribution >= 0.6 is 27.3 Å². The van der Waals surface area contributed by atoms with Crippen LogP contribution in [0, 0.1) is 5.92 Å². The fourth-order valence-corrected chi connectivity index (χ4v) is 3.19. The number of hydrogen-bond donors (Lipinski definition) is 1. The van der Waals surface area contributed by atoms with Crippen molar-refractivity contribution in [1.29, 1.82) is 0 Å². The average Bonchev–Trinajstić information content (AvgIpc) is 3.20. The highest BCUT2D eigenvalue weighted by atomic mass is 79.9. The normalized spacial score (nSPS) is 12.0. The van der Waals surface area contributed by atoms with Crippen LogP contribution in [0.25, 0.3) is 0 Å². The number of halogens is 1. The van der Waals surface area contributed by atoms with Gasteiger partial charge in [-0.3, -0.25) is 9.59 Å². The maximum absolute atomic E-state index is 12.2. The highest BCUT2D eigenvalue weighted by molar-refractivity contribution is 9.11. The molecule has 128 valence electrons. The van der Waals surface area contributed by atoms with Crippen LogP contribution in [0.4, 0.5) is 0 Å². The van der Waals surface area contributed by atoms with Crippen molar-refractivity contribution in [1.82, 2.24) is 5.32 Å². The van der Waals surface area contributed by atoms with E-state index in [1.165, 1.54) is 23.7 Å². The van der Waals surface area contributed by atoms with Crippen LogP contribution in [0.3, 0.4) is 0 Å². The summed E-state index contributed by atoms with van der Waals surface area (Å²) in [4.78, 5) is 36.7. The summed E-state index contributed by atoms with van der Waals surface area (Å²) in [5.74, 6) is -1.56. The zero-order valence-electron chi connectivity index (χ0n) is 13.1. The topological polar surface area (TPSA) is 85.6 Å². The number of furan rings is 1. The average molecular weight is 414 g/mol. The van der Waals surface area contributed by atoms with Crippen molar-refractivity contribution in [2.24, 2.45) is 5.92 Å². The number of esters is 1. The second kappa shape index (κ2) is 8.25. The van der Waals surface area contributed by atoms with E-state index < -0.39 is 17.9 Å². The third kappa shape index (κ3) is 4.78. The molecule has 0 unspecified atom stereocenters. The maximum Gasteiger partial charge on any atom is 0.329 e. The Hall–Kier alpha value is -1.93. The summed E-state index contributed by atoms with van der Waals surface area (Å²) in [5.41, 5.74) is 0. The number of carbonyl (C=O) groups excluding carboxylic acids is 3. The van der Waals surface area contributed by atoms with Gasteiger partial charge in [-0.25, -0.2) is 4.79 Å². The summed E-state index contributed by atoms with van der Waals surface area (Å²) in [6.07, 6.45) is 1.37. The molecule has 0 spiro atoms. The van der Waals surface area contributed by atoms with E-state index in [0.717, 1.165) is 3.79 Å². The van der Waals surface area contributed by atoms with Gasteiger partial charge in [0.2, 0.25) is 5.78 Å². The van der Waals surface area contributed by atoms with Gasteiger partial charge < -0.3 is 14.5 Å².